The number of benzene rings is 1. The van der Waals surface area contributed by atoms with Crippen molar-refractivity contribution in [2.75, 3.05) is 44.4 Å². The van der Waals surface area contributed by atoms with Crippen LogP contribution in [0.3, 0.4) is 0 Å². The predicted molar refractivity (Wildman–Crippen MR) is 133 cm³/mol. The molecule has 1 fully saturated rings. The van der Waals surface area contributed by atoms with Crippen molar-refractivity contribution >= 4 is 28.4 Å². The molecule has 7 nitrogen and oxygen atoms in total. The maximum atomic E-state index is 11.0. The molecule has 8 heteroatoms. The Labute approximate surface area is 199 Å². The van der Waals surface area contributed by atoms with E-state index in [9.17, 15) is 5.11 Å². The number of methoxy groups -OCH3 is 1. The molecule has 3 N–H and O–H groups in total. The van der Waals surface area contributed by atoms with Crippen LogP contribution in [0.2, 0.25) is 0 Å². The first-order valence-electron chi connectivity index (χ1n) is 11.6. The number of aliphatic hydroxyl groups excluding tert-OH is 1. The lowest BCUT2D eigenvalue weighted by atomic mass is 10.0. The number of nitrogens with zero attached hydrogens (tertiary/aromatic N) is 3. The highest BCUT2D eigenvalue weighted by Gasteiger charge is 2.22. The van der Waals surface area contributed by atoms with Gasteiger partial charge in [0.1, 0.15) is 10.8 Å². The summed E-state index contributed by atoms with van der Waals surface area (Å²) in [6.45, 7) is 4.42. The summed E-state index contributed by atoms with van der Waals surface area (Å²) in [7, 11) is 1.66. The first-order chi connectivity index (χ1) is 16.2. The number of hydrogen-bond donors (Lipinski definition) is 3. The van der Waals surface area contributed by atoms with E-state index in [2.05, 4.69) is 31.6 Å². The summed E-state index contributed by atoms with van der Waals surface area (Å²) in [5.41, 5.74) is 4.17. The molecule has 1 saturated heterocycles. The average molecular weight is 466 g/mol. The zero-order chi connectivity index (χ0) is 22.6. The molecule has 0 saturated carbocycles. The number of aromatic nitrogens is 2. The number of pyridine rings is 2. The van der Waals surface area contributed by atoms with E-state index < -0.39 is 6.10 Å². The molecule has 0 spiro atoms. The second kappa shape index (κ2) is 10.3. The Morgan fingerprint density at radius 1 is 1.24 bits per heavy atom. The first-order valence-corrected chi connectivity index (χ1v) is 12.6. The van der Waals surface area contributed by atoms with Crippen LogP contribution in [0, 0.1) is 0 Å². The van der Waals surface area contributed by atoms with E-state index in [4.69, 9.17) is 4.74 Å². The number of rotatable bonds is 7. The molecule has 0 amide bonds. The number of fused-ring (bicyclic) bond motifs is 2. The molecule has 0 radical (unpaired) electrons. The van der Waals surface area contributed by atoms with Crippen LogP contribution >= 0.6 is 11.8 Å². The topological polar surface area (TPSA) is 82.5 Å². The summed E-state index contributed by atoms with van der Waals surface area (Å²) < 4.78 is 5.37. The number of likely N-dealkylation sites (tertiary alicyclic amines) is 1. The van der Waals surface area contributed by atoms with Crippen molar-refractivity contribution in [3.8, 4) is 5.75 Å². The van der Waals surface area contributed by atoms with Crippen molar-refractivity contribution in [1.29, 1.82) is 0 Å². The standard InChI is InChI=1S/C25H31N5O2S/c1-32-19-2-3-22-21(13-19)20(4-7-26-22)24(31)16-30-9-5-18(6-10-30)28-14-17-12-23-25(29-15-17)33-11-8-27-23/h2-4,7,12-13,15,18,24,27-28,31H,5-6,8-11,14,16H2,1H3/t24-/m0/s1. The molecular formula is C25H31N5O2S. The van der Waals surface area contributed by atoms with Crippen molar-refractivity contribution in [2.24, 2.45) is 0 Å². The number of piperidine rings is 1. The van der Waals surface area contributed by atoms with Gasteiger partial charge in [0.15, 0.2) is 0 Å². The molecule has 2 aromatic heterocycles. The van der Waals surface area contributed by atoms with Crippen molar-refractivity contribution in [1.82, 2.24) is 20.2 Å². The monoisotopic (exact) mass is 465 g/mol. The largest absolute Gasteiger partial charge is 0.497 e. The Balaban J connectivity index is 1.14. The van der Waals surface area contributed by atoms with Gasteiger partial charge in [0.2, 0.25) is 0 Å². The van der Waals surface area contributed by atoms with E-state index in [1.54, 1.807) is 13.3 Å². The highest BCUT2D eigenvalue weighted by Crippen LogP contribution is 2.30. The Hall–Kier alpha value is -2.39. The molecule has 2 aliphatic heterocycles. The van der Waals surface area contributed by atoms with E-state index in [-0.39, 0.29) is 0 Å². The second-order valence-electron chi connectivity index (χ2n) is 8.73. The van der Waals surface area contributed by atoms with Crippen LogP contribution in [0.15, 0.2) is 47.8 Å². The number of thioether (sulfide) groups is 1. The lowest BCUT2D eigenvalue weighted by Gasteiger charge is -2.34. The zero-order valence-electron chi connectivity index (χ0n) is 19.0. The van der Waals surface area contributed by atoms with Gasteiger partial charge in [-0.05, 0) is 67.4 Å². The third-order valence-corrected chi connectivity index (χ3v) is 7.53. The molecule has 1 atom stereocenters. The summed E-state index contributed by atoms with van der Waals surface area (Å²) in [5.74, 6) is 1.86. The fourth-order valence-electron chi connectivity index (χ4n) is 4.66. The lowest BCUT2D eigenvalue weighted by molar-refractivity contribution is 0.0949. The SMILES string of the molecule is COc1ccc2nccc([C@@H](O)CN3CCC(NCc4cnc5c(c4)NCCS5)CC3)c2c1. The fourth-order valence-corrected chi connectivity index (χ4v) is 5.47. The van der Waals surface area contributed by atoms with Gasteiger partial charge in [-0.1, -0.05) is 0 Å². The predicted octanol–water partition coefficient (Wildman–Crippen LogP) is 3.44. The Morgan fingerprint density at radius 3 is 2.97 bits per heavy atom. The summed E-state index contributed by atoms with van der Waals surface area (Å²) in [4.78, 5) is 11.4. The molecule has 5 rings (SSSR count). The van der Waals surface area contributed by atoms with Gasteiger partial charge in [-0.25, -0.2) is 4.98 Å². The van der Waals surface area contributed by atoms with Crippen LogP contribution in [-0.4, -0.2) is 65.1 Å². The van der Waals surface area contributed by atoms with Crippen LogP contribution < -0.4 is 15.4 Å². The van der Waals surface area contributed by atoms with E-state index in [0.29, 0.717) is 12.6 Å². The highest BCUT2D eigenvalue weighted by atomic mass is 32.2. The normalized spacial score (nSPS) is 18.0. The molecular weight excluding hydrogens is 434 g/mol. The van der Waals surface area contributed by atoms with Gasteiger partial charge in [0, 0.05) is 49.2 Å². The van der Waals surface area contributed by atoms with Crippen LogP contribution in [-0.2, 0) is 6.54 Å². The highest BCUT2D eigenvalue weighted by molar-refractivity contribution is 7.99. The number of aliphatic hydroxyl groups is 1. The second-order valence-corrected chi connectivity index (χ2v) is 9.81. The van der Waals surface area contributed by atoms with E-state index in [1.165, 1.54) is 5.56 Å². The van der Waals surface area contributed by atoms with Gasteiger partial charge in [0.05, 0.1) is 24.4 Å². The average Bonchev–Trinajstić information content (AvgIpc) is 2.87. The first kappa shape index (κ1) is 22.4. The molecule has 174 valence electrons. The third-order valence-electron chi connectivity index (χ3n) is 6.52. The van der Waals surface area contributed by atoms with E-state index in [1.807, 2.05) is 42.2 Å². The smallest absolute Gasteiger partial charge is 0.119 e. The third kappa shape index (κ3) is 5.24. The summed E-state index contributed by atoms with van der Waals surface area (Å²) in [6, 6.07) is 10.4. The van der Waals surface area contributed by atoms with Crippen LogP contribution in [0.4, 0.5) is 5.69 Å². The van der Waals surface area contributed by atoms with E-state index in [0.717, 1.165) is 77.7 Å². The van der Waals surface area contributed by atoms with Crippen molar-refractivity contribution in [3.63, 3.8) is 0 Å². The van der Waals surface area contributed by atoms with Gasteiger partial charge in [-0.2, -0.15) is 0 Å². The molecule has 0 bridgehead atoms. The number of hydrogen-bond acceptors (Lipinski definition) is 8. The van der Waals surface area contributed by atoms with Gasteiger partial charge in [-0.15, -0.1) is 11.8 Å². The quantitative estimate of drug-likeness (QED) is 0.490. The van der Waals surface area contributed by atoms with E-state index >= 15 is 0 Å². The number of anilines is 1. The molecule has 1 aromatic carbocycles. The number of ether oxygens (including phenoxy) is 1. The lowest BCUT2D eigenvalue weighted by Crippen LogP contribution is -2.43. The fraction of sp³-hybridized carbons (Fsp3) is 0.440. The van der Waals surface area contributed by atoms with Crippen molar-refractivity contribution < 1.29 is 9.84 Å². The minimum Gasteiger partial charge on any atom is -0.497 e. The minimum atomic E-state index is -0.556. The maximum Gasteiger partial charge on any atom is 0.119 e. The Kier molecular flexibility index (Phi) is 6.96. The molecule has 2 aliphatic rings. The minimum absolute atomic E-state index is 0.489. The Bertz CT molecular complexity index is 1100. The summed E-state index contributed by atoms with van der Waals surface area (Å²) in [5, 5.41) is 20.2. The molecule has 3 aromatic rings. The van der Waals surface area contributed by atoms with Crippen LogP contribution in [0.25, 0.3) is 10.9 Å². The number of β-amino-alcohol motifs (C(OH)–C–C–N with tert-alkyl or cyclic N) is 1. The molecule has 0 aliphatic carbocycles. The maximum absolute atomic E-state index is 11.0. The summed E-state index contributed by atoms with van der Waals surface area (Å²) >= 11 is 1.82. The molecule has 33 heavy (non-hydrogen) atoms. The summed E-state index contributed by atoms with van der Waals surface area (Å²) in [6.07, 6.45) is 5.35. The zero-order valence-corrected chi connectivity index (χ0v) is 19.8. The van der Waals surface area contributed by atoms with Gasteiger partial charge in [-0.3, -0.25) is 4.98 Å². The van der Waals surface area contributed by atoms with Crippen LogP contribution in [0.1, 0.15) is 30.1 Å². The van der Waals surface area contributed by atoms with Gasteiger partial charge >= 0.3 is 0 Å². The van der Waals surface area contributed by atoms with Gasteiger partial charge in [0.25, 0.3) is 0 Å². The van der Waals surface area contributed by atoms with Crippen LogP contribution in [0.5, 0.6) is 5.75 Å². The van der Waals surface area contributed by atoms with Crippen molar-refractivity contribution in [3.05, 3.63) is 53.9 Å². The Morgan fingerprint density at radius 2 is 2.12 bits per heavy atom. The van der Waals surface area contributed by atoms with Crippen molar-refractivity contribution in [2.45, 2.75) is 36.6 Å². The molecule has 0 unspecified atom stereocenters. The van der Waals surface area contributed by atoms with Gasteiger partial charge < -0.3 is 25.4 Å². The number of nitrogens with one attached hydrogen (secondary N) is 2. The molecule has 4 heterocycles.